The zero-order valence-corrected chi connectivity index (χ0v) is 15.1. The second kappa shape index (κ2) is 7.62. The van der Waals surface area contributed by atoms with E-state index in [1.807, 2.05) is 17.8 Å². The van der Waals surface area contributed by atoms with E-state index >= 15 is 0 Å². The number of aryl methyl sites for hydroxylation is 3. The third kappa shape index (κ3) is 4.00. The molecule has 5 nitrogen and oxygen atoms in total. The van der Waals surface area contributed by atoms with Crippen LogP contribution in [-0.2, 0) is 26.3 Å². The van der Waals surface area contributed by atoms with Gasteiger partial charge < -0.3 is 11.1 Å². The molecule has 1 aliphatic carbocycles. The molecule has 0 fully saturated rings. The van der Waals surface area contributed by atoms with Gasteiger partial charge in [-0.1, -0.05) is 6.07 Å². The summed E-state index contributed by atoms with van der Waals surface area (Å²) in [5, 5.41) is 7.31. The van der Waals surface area contributed by atoms with Crippen molar-refractivity contribution in [3.63, 3.8) is 0 Å². The number of hydrogen-bond acceptors (Lipinski definition) is 2. The van der Waals surface area contributed by atoms with Gasteiger partial charge >= 0.3 is 0 Å². The summed E-state index contributed by atoms with van der Waals surface area (Å²) in [6, 6.07) is 8.45. The standard InChI is InChI=1S/C16H21N5.HI/c1-21-15(8-10-19-21)7-9-18-16(17)20-14-6-5-12-3-2-4-13(12)11-14;/h5-6,8,10-11H,2-4,7,9H2,1H3,(H3,17,18,20);1H. The number of anilines is 1. The molecule has 1 aromatic heterocycles. The maximum absolute atomic E-state index is 5.94. The van der Waals surface area contributed by atoms with Gasteiger partial charge in [0.05, 0.1) is 0 Å². The second-order valence-corrected chi connectivity index (χ2v) is 5.43. The van der Waals surface area contributed by atoms with Crippen molar-refractivity contribution in [3.05, 3.63) is 47.3 Å². The zero-order valence-electron chi connectivity index (χ0n) is 12.7. The number of guanidine groups is 1. The van der Waals surface area contributed by atoms with Crippen molar-refractivity contribution in [2.24, 2.45) is 17.8 Å². The van der Waals surface area contributed by atoms with Gasteiger partial charge in [0.25, 0.3) is 0 Å². The highest BCUT2D eigenvalue weighted by atomic mass is 127. The van der Waals surface area contributed by atoms with Crippen LogP contribution in [0.1, 0.15) is 23.2 Å². The van der Waals surface area contributed by atoms with Crippen molar-refractivity contribution < 1.29 is 0 Å². The minimum absolute atomic E-state index is 0. The van der Waals surface area contributed by atoms with Gasteiger partial charge in [-0.2, -0.15) is 5.10 Å². The Morgan fingerprint density at radius 2 is 2.14 bits per heavy atom. The first-order valence-electron chi connectivity index (χ1n) is 7.38. The summed E-state index contributed by atoms with van der Waals surface area (Å²) >= 11 is 0. The summed E-state index contributed by atoms with van der Waals surface area (Å²) in [5.74, 6) is 0.468. The highest BCUT2D eigenvalue weighted by Gasteiger charge is 2.10. The topological polar surface area (TPSA) is 68.2 Å². The Balaban J connectivity index is 0.00000176. The van der Waals surface area contributed by atoms with Crippen LogP contribution in [0.25, 0.3) is 0 Å². The Morgan fingerprint density at radius 1 is 1.32 bits per heavy atom. The van der Waals surface area contributed by atoms with Gasteiger partial charge in [-0.15, -0.1) is 24.0 Å². The molecule has 0 spiro atoms. The van der Waals surface area contributed by atoms with E-state index in [0.29, 0.717) is 12.5 Å². The molecule has 0 saturated carbocycles. The molecule has 3 N–H and O–H groups in total. The van der Waals surface area contributed by atoms with Crippen LogP contribution in [0, 0.1) is 0 Å². The van der Waals surface area contributed by atoms with Crippen LogP contribution in [-0.4, -0.2) is 22.3 Å². The molecular formula is C16H22IN5. The Bertz CT molecular complexity index is 662. The van der Waals surface area contributed by atoms with E-state index < -0.39 is 0 Å². The molecule has 22 heavy (non-hydrogen) atoms. The van der Waals surface area contributed by atoms with E-state index in [0.717, 1.165) is 17.8 Å². The minimum Gasteiger partial charge on any atom is -0.370 e. The van der Waals surface area contributed by atoms with Gasteiger partial charge in [0.2, 0.25) is 0 Å². The lowest BCUT2D eigenvalue weighted by Crippen LogP contribution is -2.23. The van der Waals surface area contributed by atoms with Gasteiger partial charge in [-0.25, -0.2) is 0 Å². The molecule has 0 atom stereocenters. The molecule has 1 aromatic carbocycles. The van der Waals surface area contributed by atoms with Crippen LogP contribution < -0.4 is 11.1 Å². The molecule has 0 unspecified atom stereocenters. The fourth-order valence-corrected chi connectivity index (χ4v) is 2.77. The average Bonchev–Trinajstić information content (AvgIpc) is 3.07. The number of aliphatic imine (C=N–C) groups is 1. The van der Waals surface area contributed by atoms with E-state index in [-0.39, 0.29) is 24.0 Å². The molecule has 0 amide bonds. The first-order chi connectivity index (χ1) is 10.2. The van der Waals surface area contributed by atoms with Crippen LogP contribution in [0.3, 0.4) is 0 Å². The molecule has 6 heteroatoms. The maximum Gasteiger partial charge on any atom is 0.193 e. The van der Waals surface area contributed by atoms with E-state index in [2.05, 4.69) is 33.6 Å². The van der Waals surface area contributed by atoms with Crippen molar-refractivity contribution in [2.75, 3.05) is 11.9 Å². The van der Waals surface area contributed by atoms with Gasteiger partial charge in [-0.05, 0) is 48.6 Å². The first-order valence-corrected chi connectivity index (χ1v) is 7.38. The molecule has 118 valence electrons. The molecule has 1 heterocycles. The number of nitrogens with two attached hydrogens (primary N) is 1. The molecule has 3 rings (SSSR count). The lowest BCUT2D eigenvalue weighted by atomic mass is 10.1. The maximum atomic E-state index is 5.94. The van der Waals surface area contributed by atoms with Crippen molar-refractivity contribution in [1.82, 2.24) is 9.78 Å². The van der Waals surface area contributed by atoms with Crippen LogP contribution in [0.4, 0.5) is 5.69 Å². The number of fused-ring (bicyclic) bond motifs is 1. The first kappa shape index (κ1) is 16.8. The summed E-state index contributed by atoms with van der Waals surface area (Å²) in [7, 11) is 1.94. The predicted molar refractivity (Wildman–Crippen MR) is 101 cm³/mol. The van der Waals surface area contributed by atoms with Gasteiger partial charge in [0.1, 0.15) is 0 Å². The number of rotatable bonds is 4. The van der Waals surface area contributed by atoms with E-state index in [1.54, 1.807) is 6.20 Å². The molecule has 0 aliphatic heterocycles. The largest absolute Gasteiger partial charge is 0.370 e. The summed E-state index contributed by atoms with van der Waals surface area (Å²) < 4.78 is 1.86. The summed E-state index contributed by atoms with van der Waals surface area (Å²) in [4.78, 5) is 4.37. The fraction of sp³-hybridized carbons (Fsp3) is 0.375. The number of nitrogens with zero attached hydrogens (tertiary/aromatic N) is 3. The van der Waals surface area contributed by atoms with Crippen LogP contribution in [0.5, 0.6) is 0 Å². The highest BCUT2D eigenvalue weighted by molar-refractivity contribution is 14.0. The quantitative estimate of drug-likeness (QED) is 0.462. The smallest absolute Gasteiger partial charge is 0.193 e. The van der Waals surface area contributed by atoms with Gasteiger partial charge in [0, 0.05) is 37.6 Å². The summed E-state index contributed by atoms with van der Waals surface area (Å²) in [6.45, 7) is 0.656. The molecule has 1 aliphatic rings. The van der Waals surface area contributed by atoms with Gasteiger partial charge in [-0.3, -0.25) is 9.67 Å². The molecule has 2 aromatic rings. The Kier molecular flexibility index (Phi) is 5.82. The monoisotopic (exact) mass is 411 g/mol. The number of benzene rings is 1. The third-order valence-corrected chi connectivity index (χ3v) is 3.94. The SMILES string of the molecule is Cn1nccc1CCN=C(N)Nc1ccc2c(c1)CCC2.I. The van der Waals surface area contributed by atoms with Crippen molar-refractivity contribution in [2.45, 2.75) is 25.7 Å². The normalized spacial score (nSPS) is 13.6. The Hall–Kier alpha value is -1.57. The lowest BCUT2D eigenvalue weighted by Gasteiger charge is -2.08. The van der Waals surface area contributed by atoms with Crippen molar-refractivity contribution >= 4 is 35.6 Å². The fourth-order valence-electron chi connectivity index (χ4n) is 2.77. The van der Waals surface area contributed by atoms with Gasteiger partial charge in [0.15, 0.2) is 5.96 Å². The summed E-state index contributed by atoms with van der Waals surface area (Å²) in [6.07, 6.45) is 6.26. The summed E-state index contributed by atoms with van der Waals surface area (Å²) in [5.41, 5.74) is 11.0. The van der Waals surface area contributed by atoms with Crippen molar-refractivity contribution in [1.29, 1.82) is 0 Å². The molecule has 0 bridgehead atoms. The molecule has 0 radical (unpaired) electrons. The predicted octanol–water partition coefficient (Wildman–Crippen LogP) is 2.50. The lowest BCUT2D eigenvalue weighted by molar-refractivity contribution is 0.706. The number of halogens is 1. The van der Waals surface area contributed by atoms with Crippen LogP contribution in [0.15, 0.2) is 35.5 Å². The average molecular weight is 411 g/mol. The third-order valence-electron chi connectivity index (χ3n) is 3.94. The highest BCUT2D eigenvalue weighted by Crippen LogP contribution is 2.24. The second-order valence-electron chi connectivity index (χ2n) is 5.43. The number of nitrogens with one attached hydrogen (secondary N) is 1. The minimum atomic E-state index is 0. The number of hydrogen-bond donors (Lipinski definition) is 2. The molecular weight excluding hydrogens is 389 g/mol. The number of aromatic nitrogens is 2. The Morgan fingerprint density at radius 3 is 2.91 bits per heavy atom. The van der Waals surface area contributed by atoms with E-state index in [1.165, 1.54) is 30.4 Å². The van der Waals surface area contributed by atoms with Crippen LogP contribution >= 0.6 is 24.0 Å². The molecule has 0 saturated heterocycles. The van der Waals surface area contributed by atoms with Crippen LogP contribution in [0.2, 0.25) is 0 Å². The Labute approximate surface area is 148 Å². The van der Waals surface area contributed by atoms with Crippen molar-refractivity contribution in [3.8, 4) is 0 Å². The van der Waals surface area contributed by atoms with E-state index in [9.17, 15) is 0 Å². The zero-order chi connectivity index (χ0) is 14.7. The van der Waals surface area contributed by atoms with E-state index in [4.69, 9.17) is 5.73 Å².